The van der Waals surface area contributed by atoms with Gasteiger partial charge in [0.25, 0.3) is 5.91 Å². The Kier molecular flexibility index (Phi) is 3.92. The van der Waals surface area contributed by atoms with Crippen molar-refractivity contribution in [1.29, 1.82) is 0 Å². The van der Waals surface area contributed by atoms with Crippen LogP contribution in [0.5, 0.6) is 0 Å². The first-order valence-corrected chi connectivity index (χ1v) is 9.12. The fourth-order valence-electron chi connectivity index (χ4n) is 3.61. The number of hydrogen-bond acceptors (Lipinski definition) is 6. The summed E-state index contributed by atoms with van der Waals surface area (Å²) in [4.78, 5) is 20.9. The van der Waals surface area contributed by atoms with Crippen LogP contribution in [0.1, 0.15) is 38.2 Å². The molecular formula is C17H21N3O3S. The average Bonchev–Trinajstić information content (AvgIpc) is 3.25. The van der Waals surface area contributed by atoms with Crippen LogP contribution in [0.25, 0.3) is 0 Å². The highest BCUT2D eigenvalue weighted by molar-refractivity contribution is 7.14. The molecule has 24 heavy (non-hydrogen) atoms. The highest BCUT2D eigenvalue weighted by atomic mass is 32.1. The third-order valence-electron chi connectivity index (χ3n) is 4.95. The number of amides is 1. The van der Waals surface area contributed by atoms with Crippen molar-refractivity contribution in [2.24, 2.45) is 5.92 Å². The number of nitrogens with zero attached hydrogens (tertiary/aromatic N) is 3. The van der Waals surface area contributed by atoms with Crippen molar-refractivity contribution in [2.75, 3.05) is 13.1 Å². The van der Waals surface area contributed by atoms with Crippen LogP contribution in [0.3, 0.4) is 0 Å². The molecule has 2 fully saturated rings. The van der Waals surface area contributed by atoms with E-state index in [1.165, 1.54) is 10.4 Å². The van der Waals surface area contributed by atoms with E-state index >= 15 is 0 Å². The molecule has 0 aliphatic carbocycles. The van der Waals surface area contributed by atoms with Gasteiger partial charge in [-0.3, -0.25) is 4.79 Å². The number of aromatic nitrogens is 2. The summed E-state index contributed by atoms with van der Waals surface area (Å²) in [5, 5.41) is 3.82. The maximum Gasteiger partial charge on any atom is 0.264 e. The number of hydrogen-bond donors (Lipinski definition) is 0. The summed E-state index contributed by atoms with van der Waals surface area (Å²) < 4.78 is 11.3. The Morgan fingerprint density at radius 2 is 2.21 bits per heavy atom. The molecule has 0 saturated carbocycles. The molecule has 2 aliphatic heterocycles. The molecule has 7 heteroatoms. The molecule has 4 rings (SSSR count). The molecule has 1 amide bonds. The lowest BCUT2D eigenvalue weighted by molar-refractivity contribution is 0.0331. The fraction of sp³-hybridized carbons (Fsp3) is 0.588. The van der Waals surface area contributed by atoms with E-state index in [0.29, 0.717) is 30.6 Å². The molecular weight excluding hydrogens is 326 g/mol. The molecule has 128 valence electrons. The highest BCUT2D eigenvalue weighted by Gasteiger charge is 2.44. The molecule has 0 N–H and O–H groups in total. The number of rotatable bonds is 3. The number of likely N-dealkylation sites (tertiary alicyclic amines) is 1. The average molecular weight is 347 g/mol. The van der Waals surface area contributed by atoms with E-state index in [1.54, 1.807) is 11.3 Å². The first-order valence-electron chi connectivity index (χ1n) is 8.30. The lowest BCUT2D eigenvalue weighted by Crippen LogP contribution is -2.31. The number of thiophene rings is 1. The molecule has 0 spiro atoms. The highest BCUT2D eigenvalue weighted by Crippen LogP contribution is 2.35. The van der Waals surface area contributed by atoms with E-state index < -0.39 is 0 Å². The number of carbonyl (C=O) groups is 1. The fourth-order valence-corrected chi connectivity index (χ4v) is 4.61. The largest absolute Gasteiger partial charge is 0.372 e. The zero-order valence-electron chi connectivity index (χ0n) is 14.1. The van der Waals surface area contributed by atoms with Gasteiger partial charge in [0.15, 0.2) is 5.82 Å². The number of fused-ring (bicyclic) bond motifs is 1. The van der Waals surface area contributed by atoms with Gasteiger partial charge in [-0.2, -0.15) is 4.98 Å². The van der Waals surface area contributed by atoms with Crippen LogP contribution in [-0.4, -0.2) is 46.2 Å². The van der Waals surface area contributed by atoms with Crippen molar-refractivity contribution in [3.05, 3.63) is 33.1 Å². The van der Waals surface area contributed by atoms with Gasteiger partial charge in [0.05, 0.1) is 23.5 Å². The van der Waals surface area contributed by atoms with Crippen molar-refractivity contribution in [3.8, 4) is 0 Å². The smallest absolute Gasteiger partial charge is 0.264 e. The first-order chi connectivity index (χ1) is 11.5. The number of aryl methyl sites for hydroxylation is 3. The Bertz CT molecular complexity index is 735. The summed E-state index contributed by atoms with van der Waals surface area (Å²) in [5.41, 5.74) is 1.19. The van der Waals surface area contributed by atoms with E-state index in [9.17, 15) is 4.79 Å². The van der Waals surface area contributed by atoms with Crippen LogP contribution < -0.4 is 0 Å². The summed E-state index contributed by atoms with van der Waals surface area (Å²) in [7, 11) is 0. The van der Waals surface area contributed by atoms with Gasteiger partial charge in [0.2, 0.25) is 5.89 Å². The van der Waals surface area contributed by atoms with Crippen molar-refractivity contribution in [1.82, 2.24) is 15.0 Å². The minimum atomic E-state index is 0.114. The zero-order chi connectivity index (χ0) is 16.8. The second-order valence-electron chi connectivity index (χ2n) is 6.79. The number of carbonyl (C=O) groups excluding carboxylic acids is 1. The third kappa shape index (κ3) is 2.86. The van der Waals surface area contributed by atoms with Gasteiger partial charge in [-0.1, -0.05) is 5.16 Å². The molecule has 0 unspecified atom stereocenters. The van der Waals surface area contributed by atoms with Crippen LogP contribution in [0.2, 0.25) is 0 Å². The SMILES string of the molecule is Cc1noc(C[C@@H]2C[C@H]3CN(C(=O)c4cc(C)c(C)s4)C[C@H]3O2)n1. The number of ether oxygens (including phenoxy) is 1. The normalized spacial score (nSPS) is 26.1. The van der Waals surface area contributed by atoms with Crippen LogP contribution >= 0.6 is 11.3 Å². The summed E-state index contributed by atoms with van der Waals surface area (Å²) in [5.74, 6) is 1.83. The zero-order valence-corrected chi connectivity index (χ0v) is 14.9. The van der Waals surface area contributed by atoms with E-state index in [-0.39, 0.29) is 18.1 Å². The monoisotopic (exact) mass is 347 g/mol. The molecule has 2 aromatic heterocycles. The topological polar surface area (TPSA) is 68.5 Å². The lowest BCUT2D eigenvalue weighted by Gasteiger charge is -2.18. The Morgan fingerprint density at radius 1 is 1.38 bits per heavy atom. The predicted molar refractivity (Wildman–Crippen MR) is 89.2 cm³/mol. The molecule has 3 atom stereocenters. The molecule has 2 aromatic rings. The molecule has 6 nitrogen and oxygen atoms in total. The van der Waals surface area contributed by atoms with Crippen molar-refractivity contribution in [3.63, 3.8) is 0 Å². The van der Waals surface area contributed by atoms with Crippen LogP contribution in [0, 0.1) is 26.7 Å². The van der Waals surface area contributed by atoms with Crippen LogP contribution in [0.4, 0.5) is 0 Å². The van der Waals surface area contributed by atoms with E-state index in [0.717, 1.165) is 17.8 Å². The Balaban J connectivity index is 1.36. The van der Waals surface area contributed by atoms with Crippen molar-refractivity contribution < 1.29 is 14.1 Å². The van der Waals surface area contributed by atoms with Crippen molar-refractivity contribution in [2.45, 2.75) is 45.8 Å². The molecule has 0 radical (unpaired) electrons. The van der Waals surface area contributed by atoms with Gasteiger partial charge in [-0.05, 0) is 38.8 Å². The van der Waals surface area contributed by atoms with Gasteiger partial charge >= 0.3 is 0 Å². The molecule has 0 bridgehead atoms. The van der Waals surface area contributed by atoms with Crippen molar-refractivity contribution >= 4 is 17.2 Å². The summed E-state index contributed by atoms with van der Waals surface area (Å²) >= 11 is 1.58. The standard InChI is InChI=1S/C17H21N3O3S/c1-9-4-15(24-10(9)2)17(21)20-7-12-5-13(22-14(12)8-20)6-16-18-11(3)19-23-16/h4,12-14H,5-8H2,1-3H3/t12-,13-,14+/m0/s1. The Morgan fingerprint density at radius 3 is 2.83 bits per heavy atom. The van der Waals surface area contributed by atoms with Gasteiger partial charge in [0.1, 0.15) is 0 Å². The molecule has 4 heterocycles. The third-order valence-corrected chi connectivity index (χ3v) is 6.09. The Hall–Kier alpha value is -1.73. The quantitative estimate of drug-likeness (QED) is 0.853. The first kappa shape index (κ1) is 15.8. The maximum atomic E-state index is 12.7. The predicted octanol–water partition coefficient (Wildman–Crippen LogP) is 2.53. The van der Waals surface area contributed by atoms with Gasteiger partial charge < -0.3 is 14.2 Å². The molecule has 2 saturated heterocycles. The summed E-state index contributed by atoms with van der Waals surface area (Å²) in [6.45, 7) is 7.38. The van der Waals surface area contributed by atoms with E-state index in [1.807, 2.05) is 24.8 Å². The summed E-state index contributed by atoms with van der Waals surface area (Å²) in [6, 6.07) is 2.00. The Labute approximate surface area is 144 Å². The van der Waals surface area contributed by atoms with E-state index in [2.05, 4.69) is 17.1 Å². The van der Waals surface area contributed by atoms with Crippen LogP contribution in [-0.2, 0) is 11.2 Å². The van der Waals surface area contributed by atoms with Gasteiger partial charge in [0, 0.05) is 23.9 Å². The minimum absolute atomic E-state index is 0.114. The lowest BCUT2D eigenvalue weighted by atomic mass is 10.0. The van der Waals surface area contributed by atoms with E-state index in [4.69, 9.17) is 9.26 Å². The second kappa shape index (κ2) is 5.97. The van der Waals surface area contributed by atoms with Gasteiger partial charge in [-0.25, -0.2) is 0 Å². The van der Waals surface area contributed by atoms with Gasteiger partial charge in [-0.15, -0.1) is 11.3 Å². The van der Waals surface area contributed by atoms with Crippen LogP contribution in [0.15, 0.2) is 10.6 Å². The minimum Gasteiger partial charge on any atom is -0.372 e. The second-order valence-corrected chi connectivity index (χ2v) is 8.05. The molecule has 2 aliphatic rings. The molecule has 0 aromatic carbocycles. The maximum absolute atomic E-state index is 12.7. The summed E-state index contributed by atoms with van der Waals surface area (Å²) in [6.07, 6.45) is 1.84.